The molecule has 0 saturated carbocycles. The molecular weight excluding hydrogens is 320 g/mol. The van der Waals surface area contributed by atoms with Crippen LogP contribution in [0.1, 0.15) is 5.56 Å². The van der Waals surface area contributed by atoms with Crippen molar-refractivity contribution in [3.63, 3.8) is 0 Å². The second-order valence-electron chi connectivity index (χ2n) is 5.23. The van der Waals surface area contributed by atoms with Crippen molar-refractivity contribution >= 4 is 27.8 Å². The number of aromatic nitrogens is 1. The smallest absolute Gasteiger partial charge is 0.411 e. The van der Waals surface area contributed by atoms with E-state index in [0.717, 1.165) is 28.1 Å². The molecule has 0 radical (unpaired) electrons. The Balaban J connectivity index is 1.61. The van der Waals surface area contributed by atoms with E-state index < -0.39 is 0 Å². The molecule has 0 unspecified atom stereocenters. The van der Waals surface area contributed by atoms with Crippen molar-refractivity contribution in [2.75, 3.05) is 12.4 Å². The predicted octanol–water partition coefficient (Wildman–Crippen LogP) is 4.61. The van der Waals surface area contributed by atoms with Gasteiger partial charge < -0.3 is 10.1 Å². The molecule has 1 N–H and O–H groups in total. The van der Waals surface area contributed by atoms with Crippen LogP contribution in [-0.4, -0.2) is 7.11 Å². The maximum atomic E-state index is 5.19. The van der Waals surface area contributed by atoms with Gasteiger partial charge in [0.05, 0.1) is 19.3 Å². The fourth-order valence-corrected chi connectivity index (χ4v) is 2.89. The monoisotopic (exact) mass is 339 g/mol. The number of anilines is 1. The van der Waals surface area contributed by atoms with Gasteiger partial charge in [-0.25, -0.2) is 4.57 Å². The average Bonchev–Trinajstić information content (AvgIpc) is 3.00. The van der Waals surface area contributed by atoms with Gasteiger partial charge in [-0.2, -0.15) is 0 Å². The summed E-state index contributed by atoms with van der Waals surface area (Å²) in [6.07, 6.45) is 1.88. The Morgan fingerprint density at radius 1 is 1.04 bits per heavy atom. The molecule has 1 heterocycles. The van der Waals surface area contributed by atoms with Crippen molar-refractivity contribution in [2.24, 2.45) is 17.3 Å². The van der Waals surface area contributed by atoms with Crippen LogP contribution < -0.4 is 14.6 Å². The first-order valence-corrected chi connectivity index (χ1v) is 8.39. The molecule has 0 amide bonds. The van der Waals surface area contributed by atoms with E-state index in [2.05, 4.69) is 27.7 Å². The van der Waals surface area contributed by atoms with Crippen LogP contribution in [0.3, 0.4) is 0 Å². The van der Waals surface area contributed by atoms with Gasteiger partial charge in [0.2, 0.25) is 5.06 Å². The molecule has 3 rings (SSSR count). The number of azo groups is 1. The Hall–Kier alpha value is -2.73. The number of ether oxygens (including phenoxy) is 1. The van der Waals surface area contributed by atoms with Gasteiger partial charge in [-0.05, 0) is 46.3 Å². The fraction of sp³-hybridized carbons (Fsp3) is 0.167. The van der Waals surface area contributed by atoms with E-state index in [9.17, 15) is 0 Å². The molecule has 6 heteroatoms. The molecule has 0 fully saturated rings. The molecule has 0 aliphatic rings. The predicted molar refractivity (Wildman–Crippen MR) is 96.4 cm³/mol. The lowest BCUT2D eigenvalue weighted by Crippen LogP contribution is -2.23. The zero-order valence-electron chi connectivity index (χ0n) is 13.6. The van der Waals surface area contributed by atoms with Gasteiger partial charge in [0, 0.05) is 12.2 Å². The number of hydrogen-bond acceptors (Lipinski definition) is 5. The second kappa shape index (κ2) is 7.70. The SMILES string of the molecule is COc1c[n+](C)c(N=Nc2ccc(NCc3ccccc3)cc2)s1. The van der Waals surface area contributed by atoms with Crippen LogP contribution in [0, 0.1) is 0 Å². The average molecular weight is 339 g/mol. The number of methoxy groups -OCH3 is 1. The van der Waals surface area contributed by atoms with Gasteiger partial charge >= 0.3 is 5.13 Å². The molecule has 1 aromatic heterocycles. The summed E-state index contributed by atoms with van der Waals surface area (Å²) in [5, 5.41) is 13.5. The highest BCUT2D eigenvalue weighted by molar-refractivity contribution is 7.16. The van der Waals surface area contributed by atoms with Crippen molar-refractivity contribution in [2.45, 2.75) is 6.54 Å². The first-order chi connectivity index (χ1) is 11.7. The minimum atomic E-state index is 0.790. The van der Waals surface area contributed by atoms with Gasteiger partial charge in [0.15, 0.2) is 0 Å². The van der Waals surface area contributed by atoms with Gasteiger partial charge in [-0.3, -0.25) is 0 Å². The molecular formula is C18H19N4OS+. The highest BCUT2D eigenvalue weighted by Gasteiger charge is 2.13. The third kappa shape index (κ3) is 4.17. The van der Waals surface area contributed by atoms with Crippen LogP contribution in [0.4, 0.5) is 16.5 Å². The lowest BCUT2D eigenvalue weighted by molar-refractivity contribution is -0.654. The van der Waals surface area contributed by atoms with E-state index in [1.165, 1.54) is 16.9 Å². The molecule has 5 nitrogen and oxygen atoms in total. The summed E-state index contributed by atoms with van der Waals surface area (Å²) in [6.45, 7) is 0.798. The highest BCUT2D eigenvalue weighted by Crippen LogP contribution is 2.27. The Bertz CT molecular complexity index is 813. The van der Waals surface area contributed by atoms with Gasteiger partial charge in [0.1, 0.15) is 11.9 Å². The molecule has 0 spiro atoms. The van der Waals surface area contributed by atoms with Crippen LogP contribution in [0.15, 0.2) is 71.0 Å². The number of benzene rings is 2. The Morgan fingerprint density at radius 2 is 1.79 bits per heavy atom. The van der Waals surface area contributed by atoms with E-state index in [1.807, 2.05) is 60.3 Å². The molecule has 0 aliphatic carbocycles. The molecule has 0 bridgehead atoms. The summed E-state index contributed by atoms with van der Waals surface area (Å²) in [5.41, 5.74) is 3.12. The quantitative estimate of drug-likeness (QED) is 0.527. The number of aryl methyl sites for hydroxylation is 1. The second-order valence-corrected chi connectivity index (χ2v) is 6.21. The Morgan fingerprint density at radius 3 is 2.46 bits per heavy atom. The van der Waals surface area contributed by atoms with Crippen molar-refractivity contribution < 1.29 is 9.30 Å². The Kier molecular flexibility index (Phi) is 5.18. The zero-order chi connectivity index (χ0) is 16.8. The number of rotatable bonds is 6. The minimum Gasteiger partial charge on any atom is -0.484 e. The third-order valence-corrected chi connectivity index (χ3v) is 4.48. The minimum absolute atomic E-state index is 0.790. The van der Waals surface area contributed by atoms with E-state index in [0.29, 0.717) is 0 Å². The van der Waals surface area contributed by atoms with Crippen molar-refractivity contribution in [1.29, 1.82) is 0 Å². The molecule has 2 aromatic carbocycles. The fourth-order valence-electron chi connectivity index (χ4n) is 2.13. The van der Waals surface area contributed by atoms with Crippen LogP contribution >= 0.6 is 11.3 Å². The third-order valence-electron chi connectivity index (χ3n) is 3.45. The number of nitrogens with one attached hydrogen (secondary N) is 1. The van der Waals surface area contributed by atoms with Crippen LogP contribution in [0.5, 0.6) is 5.06 Å². The standard InChI is InChI=1S/C18H18N4OS/c1-22-13-17(23-2)24-18(22)21-20-16-10-8-15(9-11-16)19-12-14-6-4-3-5-7-14/h3-11,13H,12H2,1-2H3/p+1. The molecule has 122 valence electrons. The van der Waals surface area contributed by atoms with Crippen LogP contribution in [0.2, 0.25) is 0 Å². The maximum absolute atomic E-state index is 5.19. The number of nitrogens with zero attached hydrogens (tertiary/aromatic N) is 3. The molecule has 3 aromatic rings. The van der Waals surface area contributed by atoms with E-state index in [-0.39, 0.29) is 0 Å². The summed E-state index contributed by atoms with van der Waals surface area (Å²) in [5.74, 6) is 0. The summed E-state index contributed by atoms with van der Waals surface area (Å²) in [4.78, 5) is 0. The van der Waals surface area contributed by atoms with E-state index in [4.69, 9.17) is 4.74 Å². The largest absolute Gasteiger partial charge is 0.484 e. The summed E-state index contributed by atoms with van der Waals surface area (Å²) in [6, 6.07) is 18.2. The molecule has 0 aliphatic heterocycles. The first-order valence-electron chi connectivity index (χ1n) is 7.57. The van der Waals surface area contributed by atoms with Crippen molar-refractivity contribution in [3.05, 3.63) is 66.4 Å². The molecule has 0 atom stereocenters. The normalized spacial score (nSPS) is 10.9. The van der Waals surface area contributed by atoms with Gasteiger partial charge in [0.25, 0.3) is 0 Å². The van der Waals surface area contributed by atoms with Crippen molar-refractivity contribution in [1.82, 2.24) is 0 Å². The van der Waals surface area contributed by atoms with Gasteiger partial charge in [-0.15, -0.1) is 0 Å². The lowest BCUT2D eigenvalue weighted by Gasteiger charge is -2.05. The summed E-state index contributed by atoms with van der Waals surface area (Å²) >= 11 is 1.46. The van der Waals surface area contributed by atoms with Crippen LogP contribution in [-0.2, 0) is 13.6 Å². The van der Waals surface area contributed by atoms with E-state index >= 15 is 0 Å². The zero-order valence-corrected chi connectivity index (χ0v) is 14.5. The Labute approximate surface area is 145 Å². The molecule has 24 heavy (non-hydrogen) atoms. The highest BCUT2D eigenvalue weighted by atomic mass is 32.1. The van der Waals surface area contributed by atoms with Crippen LogP contribution in [0.25, 0.3) is 0 Å². The summed E-state index contributed by atoms with van der Waals surface area (Å²) < 4.78 is 7.09. The number of thiazole rings is 1. The van der Waals surface area contributed by atoms with Crippen molar-refractivity contribution in [3.8, 4) is 5.06 Å². The lowest BCUT2D eigenvalue weighted by atomic mass is 10.2. The van der Waals surface area contributed by atoms with E-state index in [1.54, 1.807) is 7.11 Å². The first kappa shape index (κ1) is 16.1. The summed E-state index contributed by atoms with van der Waals surface area (Å²) in [7, 11) is 3.57. The molecule has 0 saturated heterocycles. The van der Waals surface area contributed by atoms with Gasteiger partial charge in [-0.1, -0.05) is 30.3 Å². The topological polar surface area (TPSA) is 49.9 Å². The maximum Gasteiger partial charge on any atom is 0.411 e. The number of hydrogen-bond donors (Lipinski definition) is 1.